The van der Waals surface area contributed by atoms with E-state index in [1.165, 1.54) is 73.6 Å². The van der Waals surface area contributed by atoms with E-state index in [2.05, 4.69) is 107 Å². The summed E-state index contributed by atoms with van der Waals surface area (Å²) >= 11 is 4.27. The second-order valence-corrected chi connectivity index (χ2v) is 29.7. The quantitative estimate of drug-likeness (QED) is 0.00858. The normalized spacial score (nSPS) is 14.4. The minimum atomic E-state index is -1.65. The lowest BCUT2D eigenvalue weighted by molar-refractivity contribution is -0.139. The number of aromatic nitrogens is 4. The lowest BCUT2D eigenvalue weighted by Crippen LogP contribution is -2.62. The van der Waals surface area contributed by atoms with Gasteiger partial charge in [0.25, 0.3) is 0 Å². The molecule has 14 amide bonds. The van der Waals surface area contributed by atoms with Crippen LogP contribution < -0.4 is 91.6 Å². The number of H-pyrrole nitrogens is 2. The van der Waals surface area contributed by atoms with E-state index in [1.54, 1.807) is 55.4 Å². The predicted molar refractivity (Wildman–Crippen MR) is 428 cm³/mol. The maximum Gasteiger partial charge on any atom is 0.322 e. The first-order valence-electron chi connectivity index (χ1n) is 38.2. The molecular formula is C75H112N22O20S. The van der Waals surface area contributed by atoms with Crippen LogP contribution in [-0.4, -0.2) is 239 Å². The van der Waals surface area contributed by atoms with Crippen molar-refractivity contribution in [1.29, 1.82) is 5.41 Å². The second-order valence-electron chi connectivity index (χ2n) is 29.3. The van der Waals surface area contributed by atoms with Crippen molar-refractivity contribution in [3.05, 3.63) is 96.1 Å². The number of nitrogens with zero attached hydrogens (tertiary/aromatic N) is 2. The van der Waals surface area contributed by atoms with Gasteiger partial charge in [0.15, 0.2) is 5.96 Å². The van der Waals surface area contributed by atoms with Crippen LogP contribution in [0.3, 0.4) is 0 Å². The van der Waals surface area contributed by atoms with Crippen molar-refractivity contribution >= 4 is 113 Å². The fourth-order valence-electron chi connectivity index (χ4n) is 11.7. The average molecular weight is 1670 g/mol. The van der Waals surface area contributed by atoms with E-state index in [-0.39, 0.29) is 105 Å². The van der Waals surface area contributed by atoms with Gasteiger partial charge in [-0.2, -0.15) is 12.6 Å². The Hall–Kier alpha value is -12.4. The van der Waals surface area contributed by atoms with Crippen LogP contribution in [0.25, 0.3) is 0 Å². The van der Waals surface area contributed by atoms with Crippen molar-refractivity contribution in [1.82, 2.24) is 94.4 Å². The number of guanidine groups is 1. The number of hydrogen-bond acceptors (Lipinski definition) is 23. The highest BCUT2D eigenvalue weighted by Crippen LogP contribution is 2.18. The number of thiol groups is 1. The summed E-state index contributed by atoms with van der Waals surface area (Å²) in [5.41, 5.74) is 18.1. The van der Waals surface area contributed by atoms with E-state index in [4.69, 9.17) is 22.6 Å². The largest absolute Gasteiger partial charge is 0.508 e. The highest BCUT2D eigenvalue weighted by atomic mass is 32.1. The van der Waals surface area contributed by atoms with E-state index < -0.39 is 217 Å². The number of carbonyl (C=O) groups excluding carboxylic acids is 14. The molecular weight excluding hydrogens is 1560 g/mol. The Bertz CT molecular complexity index is 4060. The molecule has 2 aromatic carbocycles. The Morgan fingerprint density at radius 2 is 0.847 bits per heavy atom. The number of aromatic amines is 2. The molecule has 0 radical (unpaired) electrons. The Morgan fingerprint density at radius 1 is 0.449 bits per heavy atom. The number of aromatic hydroxyl groups is 2. The van der Waals surface area contributed by atoms with E-state index in [0.29, 0.717) is 11.1 Å². The Morgan fingerprint density at radius 3 is 1.29 bits per heavy atom. The fraction of sp³-hybridized carbons (Fsp3) is 0.533. The van der Waals surface area contributed by atoms with Crippen LogP contribution in [0.5, 0.6) is 11.5 Å². The summed E-state index contributed by atoms with van der Waals surface area (Å²) in [5.74, 6) is -19.2. The van der Waals surface area contributed by atoms with Crippen LogP contribution in [-0.2, 0) is 102 Å². The Kier molecular flexibility index (Phi) is 41.1. The molecule has 118 heavy (non-hydrogen) atoms. The third-order valence-corrected chi connectivity index (χ3v) is 18.8. The molecule has 2 heterocycles. The molecule has 648 valence electrons. The van der Waals surface area contributed by atoms with Gasteiger partial charge in [-0.1, -0.05) is 86.1 Å². The van der Waals surface area contributed by atoms with Crippen LogP contribution in [0, 0.1) is 29.1 Å². The van der Waals surface area contributed by atoms with Gasteiger partial charge in [-0.05, 0) is 91.2 Å². The fourth-order valence-corrected chi connectivity index (χ4v) is 11.9. The zero-order chi connectivity index (χ0) is 88.0. The predicted octanol–water partition coefficient (Wildman–Crippen LogP) is -4.48. The number of rotatable bonds is 52. The summed E-state index contributed by atoms with van der Waals surface area (Å²) in [5, 5.41) is 82.2. The molecule has 0 fully saturated rings. The number of phenols is 2. The number of hydrogen-bond donors (Lipinski definition) is 25. The summed E-state index contributed by atoms with van der Waals surface area (Å²) in [6, 6.07) is -6.52. The number of carboxylic acids is 2. The third-order valence-electron chi connectivity index (χ3n) is 18.5. The number of aliphatic carboxylic acids is 2. The number of primary amides is 1. The SMILES string of the molecule is CC[C@H](C)[C@H](NC(=O)[C@@H](NC(=O)[C@H](Cc1ccc(O)cc1)NC(=O)[C@H](CS)NC(=O)CNC(=O)[C@H](Cc1ccc(O)cc1)NC(=O)[C@@H](N)CCC(N)=O)C(C)C)C(=O)N[C@@H](CCCNC(=N)N)C(=O)N[C@@H](Cc1c[nH]cn1)C(=O)N[C@H](C(=O)N[C@@H](CC(C)C)C(=O)N[C@@H](CCC(=O)O)C(=O)N[C@@H](Cc1c[nH]cn1)C(=O)NCC(=O)O)C(C)C. The molecule has 0 spiro atoms. The first-order valence-corrected chi connectivity index (χ1v) is 38.9. The number of phenolic OH excluding ortho intramolecular Hbond substituents is 2. The van der Waals surface area contributed by atoms with E-state index in [9.17, 15) is 97.1 Å². The van der Waals surface area contributed by atoms with Crippen LogP contribution >= 0.6 is 12.6 Å². The van der Waals surface area contributed by atoms with Crippen molar-refractivity contribution in [2.45, 2.75) is 205 Å². The lowest BCUT2D eigenvalue weighted by Gasteiger charge is -2.31. The molecule has 4 aromatic rings. The number of carboxylic acid groups (broad SMARTS) is 2. The molecule has 43 heteroatoms. The van der Waals surface area contributed by atoms with Gasteiger partial charge in [-0.3, -0.25) is 82.1 Å². The molecule has 0 aliphatic rings. The molecule has 4 rings (SSSR count). The first-order chi connectivity index (χ1) is 55.7. The zero-order valence-electron chi connectivity index (χ0n) is 66.9. The minimum absolute atomic E-state index is 0.000993. The standard InChI is InChI=1S/C75H112N22O20S/c1-9-40(8)62(97-73(116)61(39(6)7)96-69(112)52(27-42-14-18-46(99)19-15-42)91-71(114)55(34-118)87-57(101)32-83-64(107)51(26-41-12-16-45(98)17-13-41)90-63(106)47(76)20-22-56(77)100)74(117)89-48(11-10-24-82-75(78)79)66(109)93-54(29-44-31-81-36-86-44)70(113)95-60(38(4)5)72(115)94-50(25-37(2)3)68(111)88-49(21-23-58(102)103)67(110)92-53(28-43-30-80-35-85-43)65(108)84-33-59(104)105/h12-19,30-31,35-40,47-55,60-62,98-99,118H,9-11,20-29,32-34,76H2,1-8H3,(H2,77,100)(H,80,85)(H,81,86)(H,83,107)(H,84,108)(H,87,101)(H,88,111)(H,89,117)(H,90,106)(H,91,114)(H,92,110)(H,93,109)(H,94,115)(H,95,113)(H,96,112)(H,97,116)(H,102,103)(H,104,105)(H4,78,79,82)/t40-,47-,48-,49-,50-,51-,52-,53-,54-,55-,60-,61-,62-/m0/s1. The monoisotopic (exact) mass is 1670 g/mol. The van der Waals surface area contributed by atoms with Gasteiger partial charge in [-0.15, -0.1) is 0 Å². The molecule has 0 saturated carbocycles. The highest BCUT2D eigenvalue weighted by Gasteiger charge is 2.39. The molecule has 0 aliphatic heterocycles. The van der Waals surface area contributed by atoms with E-state index >= 15 is 0 Å². The molecule has 42 nitrogen and oxygen atoms in total. The number of nitrogens with one attached hydrogen (secondary N) is 17. The molecule has 0 saturated heterocycles. The molecule has 0 bridgehead atoms. The first kappa shape index (κ1) is 97.9. The third kappa shape index (κ3) is 34.9. The Labute approximate surface area is 686 Å². The van der Waals surface area contributed by atoms with Crippen LogP contribution in [0.15, 0.2) is 73.6 Å². The van der Waals surface area contributed by atoms with Crippen molar-refractivity contribution < 1.29 is 97.1 Å². The summed E-state index contributed by atoms with van der Waals surface area (Å²) < 4.78 is 0. The summed E-state index contributed by atoms with van der Waals surface area (Å²) in [7, 11) is 0. The van der Waals surface area contributed by atoms with Crippen molar-refractivity contribution in [2.75, 3.05) is 25.4 Å². The minimum Gasteiger partial charge on any atom is -0.508 e. The molecule has 13 atom stereocenters. The van der Waals surface area contributed by atoms with Gasteiger partial charge in [0, 0.05) is 63.2 Å². The average Bonchev–Trinajstić information content (AvgIpc) is 0.951. The summed E-state index contributed by atoms with van der Waals surface area (Å²) in [6.45, 7) is 11.4. The van der Waals surface area contributed by atoms with Crippen molar-refractivity contribution in [3.63, 3.8) is 0 Å². The van der Waals surface area contributed by atoms with Gasteiger partial charge in [-0.25, -0.2) is 9.97 Å². The molecule has 27 N–H and O–H groups in total. The maximum absolute atomic E-state index is 14.9. The lowest BCUT2D eigenvalue weighted by atomic mass is 9.95. The number of amides is 14. The highest BCUT2D eigenvalue weighted by molar-refractivity contribution is 7.80. The summed E-state index contributed by atoms with van der Waals surface area (Å²) in [6.07, 6.45) is 2.83. The van der Waals surface area contributed by atoms with E-state index in [0.717, 1.165) is 0 Å². The summed E-state index contributed by atoms with van der Waals surface area (Å²) in [4.78, 5) is 233. The zero-order valence-corrected chi connectivity index (χ0v) is 67.8. The van der Waals surface area contributed by atoms with Crippen molar-refractivity contribution in [2.24, 2.45) is 40.9 Å². The number of benzene rings is 2. The second kappa shape index (κ2) is 49.5. The van der Waals surface area contributed by atoms with Crippen LogP contribution in [0.4, 0.5) is 0 Å². The smallest absolute Gasteiger partial charge is 0.322 e. The van der Waals surface area contributed by atoms with Crippen LogP contribution in [0.1, 0.15) is 129 Å². The Balaban J connectivity index is 1.59. The molecule has 0 aliphatic carbocycles. The van der Waals surface area contributed by atoms with Gasteiger partial charge < -0.3 is 122 Å². The van der Waals surface area contributed by atoms with Gasteiger partial charge in [0.05, 0.1) is 36.6 Å². The van der Waals surface area contributed by atoms with Crippen molar-refractivity contribution in [3.8, 4) is 11.5 Å². The molecule has 2 aromatic heterocycles. The van der Waals surface area contributed by atoms with Gasteiger partial charge in [0.1, 0.15) is 84.5 Å². The van der Waals surface area contributed by atoms with Gasteiger partial charge >= 0.3 is 11.9 Å². The topological polar surface area (TPSA) is 682 Å². The van der Waals surface area contributed by atoms with Gasteiger partial charge in [0.2, 0.25) is 82.7 Å². The molecule has 0 unspecified atom stereocenters. The number of nitrogens with two attached hydrogens (primary N) is 3. The van der Waals surface area contributed by atoms with Crippen LogP contribution in [0.2, 0.25) is 0 Å². The number of carbonyl (C=O) groups is 16. The maximum atomic E-state index is 14.9. The number of imidazole rings is 2. The van der Waals surface area contributed by atoms with E-state index in [1.807, 2.05) is 0 Å².